The molecule has 264 valence electrons. The van der Waals surface area contributed by atoms with Crippen LogP contribution in [0.25, 0.3) is 61.5 Å². The van der Waals surface area contributed by atoms with Gasteiger partial charge in [-0.1, -0.05) is 218 Å². The van der Waals surface area contributed by atoms with Gasteiger partial charge >= 0.3 is 0 Å². The molecule has 0 aliphatic carbocycles. The van der Waals surface area contributed by atoms with Gasteiger partial charge < -0.3 is 4.57 Å². The summed E-state index contributed by atoms with van der Waals surface area (Å²) in [4.78, 5) is 0. The summed E-state index contributed by atoms with van der Waals surface area (Å²) < 4.78 is 2.42. The lowest BCUT2D eigenvalue weighted by Gasteiger charge is -2.34. The minimum atomic E-state index is -2.54. The van der Waals surface area contributed by atoms with E-state index in [0.29, 0.717) is 0 Å². The second-order valence-corrected chi connectivity index (χ2v) is 18.3. The van der Waals surface area contributed by atoms with E-state index >= 15 is 0 Å². The molecule has 0 radical (unpaired) electrons. The SMILES string of the molecule is C(=C\c1ccc([Si](c2ccccc2)(c2ccccc2)c2ccccc2)cc1)/c1ccc(-c2ccc(-n3c4ccccc4c4ccccc43)c3ccccc23)cc1. The van der Waals surface area contributed by atoms with Crippen LogP contribution in [0.15, 0.2) is 224 Å². The van der Waals surface area contributed by atoms with Gasteiger partial charge in [0.15, 0.2) is 8.07 Å². The van der Waals surface area contributed by atoms with E-state index in [1.165, 1.54) is 81.3 Å². The van der Waals surface area contributed by atoms with Crippen molar-refractivity contribution in [2.24, 2.45) is 0 Å². The Hall–Kier alpha value is -7.00. The monoisotopic (exact) mass is 729 g/mol. The molecule has 0 unspecified atom stereocenters. The lowest BCUT2D eigenvalue weighted by atomic mass is 9.96. The molecule has 0 amide bonds. The molecule has 0 N–H and O–H groups in total. The van der Waals surface area contributed by atoms with Crippen LogP contribution in [0.3, 0.4) is 0 Å². The smallest absolute Gasteiger partial charge is 0.179 e. The molecule has 10 rings (SSSR count). The van der Waals surface area contributed by atoms with Crippen LogP contribution in [0.1, 0.15) is 11.1 Å². The van der Waals surface area contributed by atoms with Gasteiger partial charge in [-0.15, -0.1) is 0 Å². The molecule has 0 saturated carbocycles. The number of nitrogens with zero attached hydrogens (tertiary/aromatic N) is 1. The second kappa shape index (κ2) is 14.3. The zero-order valence-corrected chi connectivity index (χ0v) is 32.0. The van der Waals surface area contributed by atoms with Crippen molar-refractivity contribution in [1.82, 2.24) is 4.57 Å². The molecule has 10 aromatic rings. The average molecular weight is 730 g/mol. The molecule has 0 bridgehead atoms. The number of benzene rings is 9. The van der Waals surface area contributed by atoms with Gasteiger partial charge in [0.25, 0.3) is 0 Å². The van der Waals surface area contributed by atoms with Crippen LogP contribution in [0.5, 0.6) is 0 Å². The molecule has 56 heavy (non-hydrogen) atoms. The van der Waals surface area contributed by atoms with E-state index in [1.807, 2.05) is 0 Å². The number of para-hydroxylation sites is 2. The Balaban J connectivity index is 0.974. The second-order valence-electron chi connectivity index (χ2n) is 14.5. The van der Waals surface area contributed by atoms with Crippen molar-refractivity contribution >= 4 is 73.6 Å². The molecule has 0 fully saturated rings. The molecular formula is C54H39NSi. The summed E-state index contributed by atoms with van der Waals surface area (Å²) >= 11 is 0. The van der Waals surface area contributed by atoms with E-state index in [1.54, 1.807) is 0 Å². The first-order chi connectivity index (χ1) is 27.8. The van der Waals surface area contributed by atoms with Crippen molar-refractivity contribution in [2.45, 2.75) is 0 Å². The number of hydrogen-bond acceptors (Lipinski definition) is 0. The molecule has 0 aliphatic rings. The molecule has 0 spiro atoms. The number of hydrogen-bond donors (Lipinski definition) is 0. The number of fused-ring (bicyclic) bond motifs is 4. The van der Waals surface area contributed by atoms with Gasteiger partial charge in [0, 0.05) is 16.2 Å². The largest absolute Gasteiger partial charge is 0.309 e. The van der Waals surface area contributed by atoms with E-state index in [2.05, 4.69) is 241 Å². The quantitative estimate of drug-likeness (QED) is 0.0834. The topological polar surface area (TPSA) is 4.93 Å². The van der Waals surface area contributed by atoms with Gasteiger partial charge in [-0.05, 0) is 66.6 Å². The summed E-state index contributed by atoms with van der Waals surface area (Å²) in [6.07, 6.45) is 4.45. The summed E-state index contributed by atoms with van der Waals surface area (Å²) in [5.41, 5.74) is 8.44. The predicted octanol–water partition coefficient (Wildman–Crippen LogP) is 11.2. The molecule has 1 heterocycles. The normalized spacial score (nSPS) is 11.9. The molecule has 1 aromatic heterocycles. The van der Waals surface area contributed by atoms with Crippen molar-refractivity contribution in [2.75, 3.05) is 0 Å². The molecule has 9 aromatic carbocycles. The van der Waals surface area contributed by atoms with Crippen LogP contribution < -0.4 is 20.7 Å². The van der Waals surface area contributed by atoms with E-state index in [4.69, 9.17) is 0 Å². The van der Waals surface area contributed by atoms with Crippen LogP contribution in [-0.4, -0.2) is 12.6 Å². The van der Waals surface area contributed by atoms with Gasteiger partial charge in [-0.3, -0.25) is 0 Å². The minimum absolute atomic E-state index is 1.17. The first-order valence-electron chi connectivity index (χ1n) is 19.3. The van der Waals surface area contributed by atoms with E-state index in [0.717, 1.165) is 0 Å². The first-order valence-corrected chi connectivity index (χ1v) is 21.3. The van der Waals surface area contributed by atoms with Crippen molar-refractivity contribution < 1.29 is 0 Å². The van der Waals surface area contributed by atoms with Gasteiger partial charge in [-0.25, -0.2) is 0 Å². The molecular weight excluding hydrogens is 691 g/mol. The molecule has 0 atom stereocenters. The summed E-state index contributed by atoms with van der Waals surface area (Å²) in [6, 6.07) is 82.4. The minimum Gasteiger partial charge on any atom is -0.309 e. The average Bonchev–Trinajstić information content (AvgIpc) is 3.61. The summed E-state index contributed by atoms with van der Waals surface area (Å²) in [5, 5.41) is 10.6. The molecule has 0 saturated heterocycles. The Morgan fingerprint density at radius 1 is 0.304 bits per heavy atom. The standard InChI is InChI=1S/C54H39NSi/c1-4-16-43(17-5-1)56(44-18-6-2-7-19-44,45-20-8-3-9-21-45)46-36-32-41(33-37-46)29-28-40-30-34-42(35-31-40)47-38-39-54(49-23-11-10-22-48(47)49)55-52-26-14-12-24-50(52)51-25-13-15-27-53(51)55/h1-39H/b29-28+. The van der Waals surface area contributed by atoms with Crippen molar-refractivity contribution in [3.05, 3.63) is 236 Å². The van der Waals surface area contributed by atoms with Crippen LogP contribution >= 0.6 is 0 Å². The Labute approximate surface area is 329 Å². The van der Waals surface area contributed by atoms with Crippen LogP contribution in [0.4, 0.5) is 0 Å². The summed E-state index contributed by atoms with van der Waals surface area (Å²) in [7, 11) is -2.54. The molecule has 0 aliphatic heterocycles. The van der Waals surface area contributed by atoms with E-state index in [9.17, 15) is 0 Å². The van der Waals surface area contributed by atoms with E-state index < -0.39 is 8.07 Å². The van der Waals surface area contributed by atoms with Gasteiger partial charge in [0.2, 0.25) is 0 Å². The lowest BCUT2D eigenvalue weighted by Crippen LogP contribution is -2.74. The summed E-state index contributed by atoms with van der Waals surface area (Å²) in [6.45, 7) is 0. The van der Waals surface area contributed by atoms with Gasteiger partial charge in [0.05, 0.1) is 16.7 Å². The predicted molar refractivity (Wildman–Crippen MR) is 243 cm³/mol. The number of aromatic nitrogens is 1. The first kappa shape index (κ1) is 33.6. The third-order valence-corrected chi connectivity index (χ3v) is 16.2. The fourth-order valence-corrected chi connectivity index (χ4v) is 13.5. The Kier molecular flexibility index (Phi) is 8.59. The highest BCUT2D eigenvalue weighted by Gasteiger charge is 2.41. The van der Waals surface area contributed by atoms with Gasteiger partial charge in [0.1, 0.15) is 0 Å². The highest BCUT2D eigenvalue weighted by atomic mass is 28.3. The highest BCUT2D eigenvalue weighted by Crippen LogP contribution is 2.37. The Bertz CT molecular complexity index is 2830. The number of rotatable bonds is 8. The van der Waals surface area contributed by atoms with Crippen molar-refractivity contribution in [1.29, 1.82) is 0 Å². The molecule has 1 nitrogen and oxygen atoms in total. The van der Waals surface area contributed by atoms with E-state index in [-0.39, 0.29) is 0 Å². The lowest BCUT2D eigenvalue weighted by molar-refractivity contribution is 1.20. The zero-order valence-electron chi connectivity index (χ0n) is 31.0. The maximum Gasteiger partial charge on any atom is 0.179 e. The van der Waals surface area contributed by atoms with Crippen molar-refractivity contribution in [3.8, 4) is 16.8 Å². The summed E-state index contributed by atoms with van der Waals surface area (Å²) in [5.74, 6) is 0. The maximum absolute atomic E-state index is 2.54. The van der Waals surface area contributed by atoms with Crippen LogP contribution in [0, 0.1) is 0 Å². The third-order valence-electron chi connectivity index (χ3n) is 11.4. The molecule has 2 heteroatoms. The third kappa shape index (κ3) is 5.71. The Morgan fingerprint density at radius 3 is 1.20 bits per heavy atom. The van der Waals surface area contributed by atoms with Crippen LogP contribution in [-0.2, 0) is 0 Å². The van der Waals surface area contributed by atoms with Gasteiger partial charge in [-0.2, -0.15) is 0 Å². The fraction of sp³-hybridized carbons (Fsp3) is 0. The van der Waals surface area contributed by atoms with Crippen LogP contribution in [0.2, 0.25) is 0 Å². The van der Waals surface area contributed by atoms with Crippen molar-refractivity contribution in [3.63, 3.8) is 0 Å². The highest BCUT2D eigenvalue weighted by molar-refractivity contribution is 7.19. The fourth-order valence-electron chi connectivity index (χ4n) is 8.79. The maximum atomic E-state index is 2.42. The zero-order chi connectivity index (χ0) is 37.3. The Morgan fingerprint density at radius 2 is 0.696 bits per heavy atom.